The first-order valence-corrected chi connectivity index (χ1v) is 22.1. The van der Waals surface area contributed by atoms with Crippen LogP contribution in [0.15, 0.2) is 198 Å². The number of carbonyl (C=O) groups is 3. The highest BCUT2D eigenvalue weighted by Gasteiger charge is 2.54. The zero-order valence-electron chi connectivity index (χ0n) is 34.0. The molecule has 1 saturated heterocycles. The minimum atomic E-state index is -1.40. The van der Waals surface area contributed by atoms with Crippen LogP contribution >= 0.6 is 34.5 Å². The first-order chi connectivity index (χ1) is 31.2. The van der Waals surface area contributed by atoms with Crippen LogP contribution in [0.4, 0.5) is 5.13 Å². The zero-order chi connectivity index (χ0) is 44.3. The smallest absolute Gasteiger partial charge is 0.353 e. The van der Waals surface area contributed by atoms with E-state index in [0.717, 1.165) is 49.6 Å². The number of hydrogen-bond acceptors (Lipinski definition) is 8. The Balaban J connectivity index is 1.19. The van der Waals surface area contributed by atoms with Gasteiger partial charge < -0.3 is 20.6 Å². The molecule has 1 aromatic heterocycles. The molecule has 13 heteroatoms. The van der Waals surface area contributed by atoms with Gasteiger partial charge in [0.05, 0.1) is 6.04 Å². The molecular formula is C51H39Cl2N5O5S. The van der Waals surface area contributed by atoms with Crippen LogP contribution in [0.2, 0.25) is 4.34 Å². The second-order valence-electron chi connectivity index (χ2n) is 15.2. The quantitative estimate of drug-likeness (QED) is 0.0429. The molecule has 1 fully saturated rings. The molecule has 2 aliphatic heterocycles. The molecule has 6 aromatic carbocycles. The fourth-order valence-electron chi connectivity index (χ4n) is 8.65. The van der Waals surface area contributed by atoms with Gasteiger partial charge in [-0.2, -0.15) is 0 Å². The number of hydrogen-bond donors (Lipinski definition) is 3. The Morgan fingerprint density at radius 1 is 0.688 bits per heavy atom. The number of aliphatic carboxylic acids is 1. The standard InChI is InChI=1S/C51H39Cl2N5O5S/c52-39-31-32-40-41(47(60)58(40)44(39)48(61)62)54-46(59)43(57-63-51(36-25-13-4-14-26-36,37-27-15-5-16-28-37)38-29-17-6-18-30-38)42-45(53)64-49(55-42)56-50(33-19-7-1-8-20-33,34-21-9-2-10-22-34)35-23-11-3-12-24-35/h1-30,40-41H,31-32H2,(H,54,59)(H,55,56)(H,61,62)/b57-43-. The highest BCUT2D eigenvalue weighted by molar-refractivity contribution is 7.20. The van der Waals surface area contributed by atoms with Gasteiger partial charge >= 0.3 is 5.97 Å². The predicted octanol–water partition coefficient (Wildman–Crippen LogP) is 9.94. The maximum absolute atomic E-state index is 14.9. The number of amides is 2. The first-order valence-electron chi connectivity index (χ1n) is 20.5. The number of carbonyl (C=O) groups excluding carboxylic acids is 2. The number of rotatable bonds is 14. The van der Waals surface area contributed by atoms with Crippen LogP contribution in [-0.2, 0) is 30.4 Å². The highest BCUT2D eigenvalue weighted by Crippen LogP contribution is 2.44. The lowest BCUT2D eigenvalue weighted by Gasteiger charge is -2.49. The van der Waals surface area contributed by atoms with Crippen molar-refractivity contribution in [2.75, 3.05) is 5.32 Å². The molecule has 2 aliphatic rings. The van der Waals surface area contributed by atoms with Crippen molar-refractivity contribution in [2.45, 2.75) is 36.1 Å². The largest absolute Gasteiger partial charge is 0.477 e. The number of oxime groups is 1. The fraction of sp³-hybridized carbons (Fsp3) is 0.118. The number of carboxylic acids is 1. The lowest BCUT2D eigenvalue weighted by molar-refractivity contribution is -0.155. The fourth-order valence-corrected chi connectivity index (χ4v) is 10.0. The molecule has 0 saturated carbocycles. The van der Waals surface area contributed by atoms with E-state index in [4.69, 9.17) is 38.2 Å². The maximum atomic E-state index is 14.9. The molecule has 2 unspecified atom stereocenters. The van der Waals surface area contributed by atoms with Crippen LogP contribution in [0.3, 0.4) is 0 Å². The lowest BCUT2D eigenvalue weighted by Crippen LogP contribution is -2.72. The number of anilines is 1. The molecule has 0 aliphatic carbocycles. The molecule has 0 bridgehead atoms. The van der Waals surface area contributed by atoms with Crippen LogP contribution < -0.4 is 10.6 Å². The van der Waals surface area contributed by atoms with E-state index in [9.17, 15) is 19.5 Å². The molecule has 318 valence electrons. The van der Waals surface area contributed by atoms with Gasteiger partial charge in [-0.15, -0.1) is 0 Å². The summed E-state index contributed by atoms with van der Waals surface area (Å²) in [4.78, 5) is 53.8. The second-order valence-corrected chi connectivity index (χ2v) is 17.3. The first kappa shape index (κ1) is 42.3. The summed E-state index contributed by atoms with van der Waals surface area (Å²) in [5, 5.41) is 21.7. The van der Waals surface area contributed by atoms with E-state index in [1.807, 2.05) is 182 Å². The highest BCUT2D eigenvalue weighted by atomic mass is 35.5. The number of benzene rings is 6. The van der Waals surface area contributed by atoms with Gasteiger partial charge in [-0.05, 0) is 29.5 Å². The Hall–Kier alpha value is -7.05. The number of carboxylic acid groups (broad SMARTS) is 1. The van der Waals surface area contributed by atoms with E-state index in [2.05, 4.69) is 10.6 Å². The van der Waals surface area contributed by atoms with Gasteiger partial charge in [0.1, 0.15) is 27.3 Å². The number of fused-ring (bicyclic) bond motifs is 1. The van der Waals surface area contributed by atoms with Crippen molar-refractivity contribution in [1.82, 2.24) is 15.2 Å². The number of nitrogens with one attached hydrogen (secondary N) is 2. The zero-order valence-corrected chi connectivity index (χ0v) is 36.3. The van der Waals surface area contributed by atoms with Gasteiger partial charge in [0, 0.05) is 21.7 Å². The van der Waals surface area contributed by atoms with E-state index in [1.54, 1.807) is 0 Å². The third-order valence-corrected chi connectivity index (χ3v) is 13.2. The van der Waals surface area contributed by atoms with Crippen LogP contribution in [0.25, 0.3) is 0 Å². The van der Waals surface area contributed by atoms with Crippen molar-refractivity contribution < 1.29 is 24.3 Å². The molecule has 0 radical (unpaired) electrons. The Kier molecular flexibility index (Phi) is 11.9. The molecule has 2 amide bonds. The van der Waals surface area contributed by atoms with Crippen molar-refractivity contribution in [2.24, 2.45) is 5.16 Å². The average Bonchev–Trinajstić information content (AvgIpc) is 3.71. The summed E-state index contributed by atoms with van der Waals surface area (Å²) in [6, 6.07) is 56.8. The number of thiazole rings is 1. The van der Waals surface area contributed by atoms with Crippen molar-refractivity contribution in [1.29, 1.82) is 0 Å². The summed E-state index contributed by atoms with van der Waals surface area (Å²) in [7, 11) is 0. The Morgan fingerprint density at radius 3 is 1.53 bits per heavy atom. The summed E-state index contributed by atoms with van der Waals surface area (Å²) in [5.41, 5.74) is 1.94. The van der Waals surface area contributed by atoms with Gasteiger partial charge in [-0.25, -0.2) is 9.78 Å². The Bertz CT molecular complexity index is 2670. The molecule has 2 atom stereocenters. The molecule has 3 heterocycles. The van der Waals surface area contributed by atoms with Crippen LogP contribution in [0.5, 0.6) is 0 Å². The third kappa shape index (κ3) is 7.61. The summed E-state index contributed by atoms with van der Waals surface area (Å²) in [6.07, 6.45) is 0.557. The van der Waals surface area contributed by atoms with Crippen molar-refractivity contribution >= 4 is 63.2 Å². The van der Waals surface area contributed by atoms with E-state index < -0.39 is 41.0 Å². The summed E-state index contributed by atoms with van der Waals surface area (Å²) in [5.74, 6) is -2.75. The Morgan fingerprint density at radius 2 is 1.11 bits per heavy atom. The van der Waals surface area contributed by atoms with Crippen molar-refractivity contribution in [3.63, 3.8) is 0 Å². The SMILES string of the molecule is O=C(O)C1=C(Cl)CCC2C(NC(=O)/C(=N\OC(c3ccccc3)(c3ccccc3)c3ccccc3)c3nc(NC(c4ccccc4)(c4ccccc4)c4ccccc4)sc3Cl)C(=O)N12. The number of nitrogens with zero attached hydrogens (tertiary/aromatic N) is 3. The summed E-state index contributed by atoms with van der Waals surface area (Å²) >= 11 is 14.6. The molecule has 3 N–H and O–H groups in total. The van der Waals surface area contributed by atoms with Crippen molar-refractivity contribution in [3.8, 4) is 0 Å². The number of allylic oxidation sites excluding steroid dienone is 1. The number of aromatic nitrogens is 1. The van der Waals surface area contributed by atoms with Gasteiger partial charge in [0.2, 0.25) is 5.60 Å². The molecule has 9 rings (SSSR count). The van der Waals surface area contributed by atoms with Gasteiger partial charge in [0.25, 0.3) is 11.8 Å². The molecule has 7 aromatic rings. The minimum absolute atomic E-state index is 0.000672. The van der Waals surface area contributed by atoms with Crippen LogP contribution in [0, 0.1) is 0 Å². The van der Waals surface area contributed by atoms with Crippen LogP contribution in [0.1, 0.15) is 51.9 Å². The van der Waals surface area contributed by atoms with Crippen molar-refractivity contribution in [3.05, 3.63) is 236 Å². The van der Waals surface area contributed by atoms with E-state index in [0.29, 0.717) is 11.6 Å². The molecular weight excluding hydrogens is 866 g/mol. The second kappa shape index (κ2) is 18.0. The topological polar surface area (TPSA) is 133 Å². The average molecular weight is 905 g/mol. The van der Waals surface area contributed by atoms with E-state index >= 15 is 0 Å². The number of halogens is 2. The lowest BCUT2D eigenvalue weighted by atomic mass is 9.77. The molecule has 64 heavy (non-hydrogen) atoms. The van der Waals surface area contributed by atoms with E-state index in [-0.39, 0.29) is 32.9 Å². The molecule has 10 nitrogen and oxygen atoms in total. The summed E-state index contributed by atoms with van der Waals surface area (Å²) in [6.45, 7) is 0. The van der Waals surface area contributed by atoms with Gasteiger partial charge in [-0.3, -0.25) is 14.5 Å². The number of β-lactam (4-membered cyclic amide) rings is 1. The maximum Gasteiger partial charge on any atom is 0.353 e. The van der Waals surface area contributed by atoms with Crippen LogP contribution in [-0.4, -0.2) is 50.6 Å². The third-order valence-electron chi connectivity index (χ3n) is 11.6. The van der Waals surface area contributed by atoms with Gasteiger partial charge in [-0.1, -0.05) is 222 Å². The van der Waals surface area contributed by atoms with Gasteiger partial charge in [0.15, 0.2) is 10.8 Å². The Labute approximate surface area is 383 Å². The molecule has 0 spiro atoms. The summed E-state index contributed by atoms with van der Waals surface area (Å²) < 4.78 is 0.120. The van der Waals surface area contributed by atoms with E-state index in [1.165, 1.54) is 0 Å². The minimum Gasteiger partial charge on any atom is -0.477 e. The predicted molar refractivity (Wildman–Crippen MR) is 249 cm³/mol. The normalized spacial score (nSPS) is 16.4. The monoisotopic (exact) mass is 903 g/mol.